The minimum absolute atomic E-state index is 0.110. The van der Waals surface area contributed by atoms with Crippen LogP contribution in [0, 0.1) is 0 Å². The molecular formula is C19H22N2O3. The van der Waals surface area contributed by atoms with E-state index in [9.17, 15) is 9.90 Å². The highest BCUT2D eigenvalue weighted by Crippen LogP contribution is 2.22. The highest BCUT2D eigenvalue weighted by Gasteiger charge is 2.10. The van der Waals surface area contributed by atoms with Gasteiger partial charge < -0.3 is 15.3 Å². The molecule has 2 aromatic carbocycles. The van der Waals surface area contributed by atoms with Crippen LogP contribution in [0.3, 0.4) is 0 Å². The van der Waals surface area contributed by atoms with Crippen molar-refractivity contribution < 1.29 is 14.7 Å². The predicted octanol–water partition coefficient (Wildman–Crippen LogP) is 3.51. The Kier molecular flexibility index (Phi) is 6.37. The summed E-state index contributed by atoms with van der Waals surface area (Å²) in [5, 5.41) is 16.2. The van der Waals surface area contributed by atoms with Crippen LogP contribution in [0.25, 0.3) is 0 Å². The molecule has 1 amide bonds. The molecule has 0 fully saturated rings. The number of amides is 1. The SMILES string of the molecule is CCc1cccc(CC)c1NC(=O)CO/N=C/c1ccccc1O. The molecule has 0 unspecified atom stereocenters. The van der Waals surface area contributed by atoms with Crippen molar-refractivity contribution in [3.05, 3.63) is 59.2 Å². The molecule has 0 spiro atoms. The first-order chi connectivity index (χ1) is 11.7. The molecule has 0 radical (unpaired) electrons. The summed E-state index contributed by atoms with van der Waals surface area (Å²) in [6.45, 7) is 3.92. The van der Waals surface area contributed by atoms with Crippen molar-refractivity contribution in [2.24, 2.45) is 5.16 Å². The fourth-order valence-electron chi connectivity index (χ4n) is 2.37. The zero-order valence-corrected chi connectivity index (χ0v) is 14.0. The Morgan fingerprint density at radius 3 is 2.42 bits per heavy atom. The Balaban J connectivity index is 1.94. The maximum atomic E-state index is 12.1. The molecule has 0 atom stereocenters. The number of anilines is 1. The number of para-hydroxylation sites is 2. The lowest BCUT2D eigenvalue weighted by Gasteiger charge is -2.13. The molecule has 2 rings (SSSR count). The number of carbonyl (C=O) groups is 1. The molecule has 0 aromatic heterocycles. The van der Waals surface area contributed by atoms with E-state index in [4.69, 9.17) is 4.84 Å². The second-order valence-corrected chi connectivity index (χ2v) is 5.27. The van der Waals surface area contributed by atoms with E-state index in [1.807, 2.05) is 18.2 Å². The standard InChI is InChI=1S/C19H22N2O3/c1-3-14-9-7-10-15(4-2)19(14)21-18(23)13-24-20-12-16-8-5-6-11-17(16)22/h5-12,22H,3-4,13H2,1-2H3,(H,21,23)/b20-12+. The number of oxime groups is 1. The largest absolute Gasteiger partial charge is 0.507 e. The van der Waals surface area contributed by atoms with Gasteiger partial charge >= 0.3 is 0 Å². The lowest BCUT2D eigenvalue weighted by molar-refractivity contribution is -0.120. The zero-order chi connectivity index (χ0) is 17.4. The summed E-state index contributed by atoms with van der Waals surface area (Å²) in [4.78, 5) is 17.1. The smallest absolute Gasteiger partial charge is 0.265 e. The van der Waals surface area contributed by atoms with Crippen LogP contribution in [0.15, 0.2) is 47.6 Å². The van der Waals surface area contributed by atoms with Gasteiger partial charge in [-0.2, -0.15) is 0 Å². The number of phenolic OH excluding ortho intramolecular Hbond substituents is 1. The third-order valence-corrected chi connectivity index (χ3v) is 3.66. The third-order valence-electron chi connectivity index (χ3n) is 3.66. The predicted molar refractivity (Wildman–Crippen MR) is 95.5 cm³/mol. The first-order valence-electron chi connectivity index (χ1n) is 7.99. The topological polar surface area (TPSA) is 70.9 Å². The van der Waals surface area contributed by atoms with E-state index < -0.39 is 0 Å². The summed E-state index contributed by atoms with van der Waals surface area (Å²) in [6, 6.07) is 12.8. The minimum Gasteiger partial charge on any atom is -0.507 e. The van der Waals surface area contributed by atoms with E-state index in [1.165, 1.54) is 6.21 Å². The van der Waals surface area contributed by atoms with Crippen LogP contribution in [0.4, 0.5) is 5.69 Å². The fraction of sp³-hybridized carbons (Fsp3) is 0.263. The molecule has 24 heavy (non-hydrogen) atoms. The molecule has 0 saturated heterocycles. The second-order valence-electron chi connectivity index (χ2n) is 5.27. The van der Waals surface area contributed by atoms with Gasteiger partial charge in [0.2, 0.25) is 0 Å². The van der Waals surface area contributed by atoms with Crippen molar-refractivity contribution in [2.75, 3.05) is 11.9 Å². The van der Waals surface area contributed by atoms with Crippen LogP contribution in [-0.4, -0.2) is 23.8 Å². The van der Waals surface area contributed by atoms with Crippen molar-refractivity contribution in [1.29, 1.82) is 0 Å². The number of benzene rings is 2. The van der Waals surface area contributed by atoms with Crippen molar-refractivity contribution in [3.8, 4) is 5.75 Å². The second kappa shape index (κ2) is 8.72. The summed E-state index contributed by atoms with van der Waals surface area (Å²) in [5.41, 5.74) is 3.59. The van der Waals surface area contributed by atoms with E-state index in [0.29, 0.717) is 5.56 Å². The average Bonchev–Trinajstić information content (AvgIpc) is 2.60. The normalized spacial score (nSPS) is 10.8. The van der Waals surface area contributed by atoms with E-state index in [1.54, 1.807) is 24.3 Å². The molecule has 2 N–H and O–H groups in total. The van der Waals surface area contributed by atoms with E-state index in [2.05, 4.69) is 24.3 Å². The Morgan fingerprint density at radius 2 is 1.79 bits per heavy atom. The Morgan fingerprint density at radius 1 is 1.12 bits per heavy atom. The first kappa shape index (κ1) is 17.5. The van der Waals surface area contributed by atoms with E-state index in [0.717, 1.165) is 29.7 Å². The average molecular weight is 326 g/mol. The number of phenols is 1. The Bertz CT molecular complexity index is 704. The lowest BCUT2D eigenvalue weighted by atomic mass is 10.0. The molecule has 0 aliphatic carbocycles. The van der Waals surface area contributed by atoms with E-state index in [-0.39, 0.29) is 18.3 Å². The number of aromatic hydroxyl groups is 1. The number of aryl methyl sites for hydroxylation is 2. The molecular weight excluding hydrogens is 304 g/mol. The van der Waals surface area contributed by atoms with Gasteiger partial charge in [-0.25, -0.2) is 0 Å². The van der Waals surface area contributed by atoms with Crippen molar-refractivity contribution >= 4 is 17.8 Å². The maximum absolute atomic E-state index is 12.1. The summed E-state index contributed by atoms with van der Waals surface area (Å²) in [5.74, 6) is -0.154. The highest BCUT2D eigenvalue weighted by molar-refractivity contribution is 5.93. The number of nitrogens with one attached hydrogen (secondary N) is 1. The van der Waals surface area contributed by atoms with Gasteiger partial charge in [-0.1, -0.05) is 49.3 Å². The molecule has 0 saturated carbocycles. The van der Waals surface area contributed by atoms with Gasteiger partial charge in [-0.05, 0) is 36.1 Å². The van der Waals surface area contributed by atoms with Crippen LogP contribution >= 0.6 is 0 Å². The minimum atomic E-state index is -0.264. The van der Waals surface area contributed by atoms with Gasteiger partial charge in [0.1, 0.15) is 5.75 Å². The quantitative estimate of drug-likeness (QED) is 0.604. The monoisotopic (exact) mass is 326 g/mol. The van der Waals surface area contributed by atoms with Gasteiger partial charge in [0.05, 0.1) is 6.21 Å². The summed E-state index contributed by atoms with van der Waals surface area (Å²) in [6.07, 6.45) is 3.06. The van der Waals surface area contributed by atoms with Crippen LogP contribution < -0.4 is 5.32 Å². The van der Waals surface area contributed by atoms with Crippen LogP contribution in [0.5, 0.6) is 5.75 Å². The lowest BCUT2D eigenvalue weighted by Crippen LogP contribution is -2.19. The molecule has 0 aliphatic heterocycles. The maximum Gasteiger partial charge on any atom is 0.265 e. The van der Waals surface area contributed by atoms with Gasteiger partial charge in [0.25, 0.3) is 5.91 Å². The third kappa shape index (κ3) is 4.59. The molecule has 5 heteroatoms. The van der Waals surface area contributed by atoms with Gasteiger partial charge in [0.15, 0.2) is 6.61 Å². The molecule has 0 heterocycles. The Labute approximate surface area is 142 Å². The highest BCUT2D eigenvalue weighted by atomic mass is 16.6. The summed E-state index contributed by atoms with van der Waals surface area (Å²) in [7, 11) is 0. The van der Waals surface area contributed by atoms with Gasteiger partial charge in [-0.3, -0.25) is 4.79 Å². The van der Waals surface area contributed by atoms with Crippen molar-refractivity contribution in [2.45, 2.75) is 26.7 Å². The molecule has 126 valence electrons. The number of hydrogen-bond acceptors (Lipinski definition) is 4. The molecule has 0 bridgehead atoms. The number of carbonyl (C=O) groups excluding carboxylic acids is 1. The van der Waals surface area contributed by atoms with Crippen LogP contribution in [0.2, 0.25) is 0 Å². The zero-order valence-electron chi connectivity index (χ0n) is 14.0. The molecule has 0 aliphatic rings. The van der Waals surface area contributed by atoms with Crippen LogP contribution in [0.1, 0.15) is 30.5 Å². The van der Waals surface area contributed by atoms with E-state index >= 15 is 0 Å². The Hall–Kier alpha value is -2.82. The summed E-state index contributed by atoms with van der Waals surface area (Å²) >= 11 is 0. The summed E-state index contributed by atoms with van der Waals surface area (Å²) < 4.78 is 0. The molecule has 2 aromatic rings. The molecule has 5 nitrogen and oxygen atoms in total. The first-order valence-corrected chi connectivity index (χ1v) is 7.99. The fourth-order valence-corrected chi connectivity index (χ4v) is 2.37. The van der Waals surface area contributed by atoms with Crippen molar-refractivity contribution in [3.63, 3.8) is 0 Å². The van der Waals surface area contributed by atoms with Crippen LogP contribution in [-0.2, 0) is 22.5 Å². The number of rotatable bonds is 7. The van der Waals surface area contributed by atoms with Gasteiger partial charge in [-0.15, -0.1) is 0 Å². The van der Waals surface area contributed by atoms with Gasteiger partial charge in [0, 0.05) is 11.3 Å². The van der Waals surface area contributed by atoms with Crippen molar-refractivity contribution in [1.82, 2.24) is 0 Å². The number of hydrogen-bond donors (Lipinski definition) is 2. The number of nitrogens with zero attached hydrogens (tertiary/aromatic N) is 1.